The van der Waals surface area contributed by atoms with Gasteiger partial charge in [-0.3, -0.25) is 14.5 Å². The number of likely N-dealkylation sites (N-methyl/N-ethyl adjacent to an activating group) is 2. The maximum absolute atomic E-state index is 12.1. The van der Waals surface area contributed by atoms with E-state index in [4.69, 9.17) is 0 Å². The van der Waals surface area contributed by atoms with E-state index in [0.717, 1.165) is 16.8 Å². The monoisotopic (exact) mass is 291 g/mol. The molecule has 2 amide bonds. The van der Waals surface area contributed by atoms with Gasteiger partial charge in [-0.2, -0.15) is 0 Å². The highest BCUT2D eigenvalue weighted by Crippen LogP contribution is 2.21. The van der Waals surface area contributed by atoms with Gasteiger partial charge in [-0.05, 0) is 45.9 Å². The molecule has 5 nitrogen and oxygen atoms in total. The summed E-state index contributed by atoms with van der Waals surface area (Å²) in [4.78, 5) is 25.4. The predicted octanol–water partition coefficient (Wildman–Crippen LogP) is 1.62. The number of carbonyl (C=O) groups is 2. The number of amides is 2. The summed E-state index contributed by atoms with van der Waals surface area (Å²) in [5, 5.41) is 5.52. The summed E-state index contributed by atoms with van der Waals surface area (Å²) in [6.45, 7) is 7.93. The van der Waals surface area contributed by atoms with E-state index in [2.05, 4.69) is 10.6 Å². The van der Waals surface area contributed by atoms with Gasteiger partial charge in [-0.15, -0.1) is 0 Å². The van der Waals surface area contributed by atoms with Crippen LogP contribution in [0.2, 0.25) is 0 Å². The van der Waals surface area contributed by atoms with E-state index >= 15 is 0 Å². The number of hydrogen-bond donors (Lipinski definition) is 2. The second-order valence-corrected chi connectivity index (χ2v) is 5.53. The third kappa shape index (κ3) is 4.56. The van der Waals surface area contributed by atoms with E-state index in [9.17, 15) is 9.59 Å². The summed E-state index contributed by atoms with van der Waals surface area (Å²) in [5.74, 6) is -0.226. The van der Waals surface area contributed by atoms with E-state index in [1.54, 1.807) is 25.9 Å². The van der Waals surface area contributed by atoms with Crippen LogP contribution in [-0.2, 0) is 9.59 Å². The molecule has 0 unspecified atom stereocenters. The lowest BCUT2D eigenvalue weighted by molar-refractivity contribution is -0.126. The lowest BCUT2D eigenvalue weighted by Crippen LogP contribution is -2.45. The van der Waals surface area contributed by atoms with Gasteiger partial charge < -0.3 is 10.6 Å². The van der Waals surface area contributed by atoms with Crippen LogP contribution in [0.5, 0.6) is 0 Å². The standard InChI is InChI=1S/C16H25N3O2/c1-10-7-11(2)15(12(3)8-10)18-14(20)9-19(6)13(4)16(21)17-5/h7-8,13H,9H2,1-6H3,(H,17,21)(H,18,20)/t13-/m1/s1. The molecular weight excluding hydrogens is 266 g/mol. The quantitative estimate of drug-likeness (QED) is 0.866. The first-order chi connectivity index (χ1) is 9.76. The van der Waals surface area contributed by atoms with Crippen LogP contribution >= 0.6 is 0 Å². The Morgan fingerprint density at radius 2 is 1.71 bits per heavy atom. The Hall–Kier alpha value is -1.88. The van der Waals surface area contributed by atoms with Crippen molar-refractivity contribution in [3.63, 3.8) is 0 Å². The Kier molecular flexibility index (Phi) is 5.90. The highest BCUT2D eigenvalue weighted by Gasteiger charge is 2.19. The van der Waals surface area contributed by atoms with Gasteiger partial charge in [0, 0.05) is 12.7 Å². The number of aryl methyl sites for hydroxylation is 3. The lowest BCUT2D eigenvalue weighted by Gasteiger charge is -2.23. The van der Waals surface area contributed by atoms with Crippen LogP contribution in [0.15, 0.2) is 12.1 Å². The van der Waals surface area contributed by atoms with E-state index in [1.807, 2.05) is 32.9 Å². The smallest absolute Gasteiger partial charge is 0.238 e. The predicted molar refractivity (Wildman–Crippen MR) is 85.4 cm³/mol. The number of nitrogens with one attached hydrogen (secondary N) is 2. The molecule has 1 aromatic rings. The summed E-state index contributed by atoms with van der Waals surface area (Å²) in [6, 6.07) is 3.74. The van der Waals surface area contributed by atoms with Gasteiger partial charge in [0.25, 0.3) is 0 Å². The van der Waals surface area contributed by atoms with Crippen molar-refractivity contribution in [2.75, 3.05) is 26.0 Å². The summed E-state index contributed by atoms with van der Waals surface area (Å²) in [6.07, 6.45) is 0. The molecule has 0 spiro atoms. The van der Waals surface area contributed by atoms with Crippen LogP contribution in [0.3, 0.4) is 0 Å². The maximum Gasteiger partial charge on any atom is 0.238 e. The molecule has 0 fully saturated rings. The van der Waals surface area contributed by atoms with Gasteiger partial charge >= 0.3 is 0 Å². The van der Waals surface area contributed by atoms with Gasteiger partial charge in [-0.25, -0.2) is 0 Å². The van der Waals surface area contributed by atoms with Crippen molar-refractivity contribution in [2.24, 2.45) is 0 Å². The highest BCUT2D eigenvalue weighted by molar-refractivity contribution is 5.94. The highest BCUT2D eigenvalue weighted by atomic mass is 16.2. The number of anilines is 1. The van der Waals surface area contributed by atoms with Crippen molar-refractivity contribution in [3.8, 4) is 0 Å². The van der Waals surface area contributed by atoms with E-state index in [-0.39, 0.29) is 24.4 Å². The third-order valence-corrected chi connectivity index (χ3v) is 3.62. The Morgan fingerprint density at radius 1 is 1.19 bits per heavy atom. The molecule has 1 rings (SSSR count). The average molecular weight is 291 g/mol. The SMILES string of the molecule is CNC(=O)[C@@H](C)N(C)CC(=O)Nc1c(C)cc(C)cc1C. The first-order valence-corrected chi connectivity index (χ1v) is 7.05. The van der Waals surface area contributed by atoms with Crippen LogP contribution in [0.1, 0.15) is 23.6 Å². The third-order valence-electron chi connectivity index (χ3n) is 3.62. The zero-order valence-electron chi connectivity index (χ0n) is 13.7. The average Bonchev–Trinajstić information content (AvgIpc) is 2.40. The molecule has 0 aromatic heterocycles. The fourth-order valence-corrected chi connectivity index (χ4v) is 2.33. The molecule has 0 heterocycles. The van der Waals surface area contributed by atoms with Crippen molar-refractivity contribution in [1.29, 1.82) is 0 Å². The normalized spacial score (nSPS) is 12.1. The number of carbonyl (C=O) groups excluding carboxylic acids is 2. The summed E-state index contributed by atoms with van der Waals surface area (Å²) in [7, 11) is 3.35. The minimum absolute atomic E-state index is 0.104. The van der Waals surface area contributed by atoms with Gasteiger partial charge in [0.1, 0.15) is 0 Å². The molecule has 0 saturated carbocycles. The number of hydrogen-bond acceptors (Lipinski definition) is 3. The minimum atomic E-state index is -0.346. The molecule has 0 aliphatic carbocycles. The first kappa shape index (κ1) is 17.2. The van der Waals surface area contributed by atoms with Crippen LogP contribution in [0.4, 0.5) is 5.69 Å². The van der Waals surface area contributed by atoms with Crippen LogP contribution < -0.4 is 10.6 Å². The molecule has 1 atom stereocenters. The molecule has 116 valence electrons. The summed E-state index contributed by atoms with van der Waals surface area (Å²) in [5.41, 5.74) is 4.12. The zero-order chi connectivity index (χ0) is 16.2. The maximum atomic E-state index is 12.1. The van der Waals surface area contributed by atoms with Gasteiger partial charge in [0.05, 0.1) is 12.6 Å². The number of nitrogens with zero attached hydrogens (tertiary/aromatic N) is 1. The zero-order valence-corrected chi connectivity index (χ0v) is 13.7. The number of benzene rings is 1. The largest absolute Gasteiger partial charge is 0.358 e. The molecule has 0 bridgehead atoms. The molecule has 0 saturated heterocycles. The topological polar surface area (TPSA) is 61.4 Å². The molecule has 21 heavy (non-hydrogen) atoms. The van der Waals surface area contributed by atoms with Crippen molar-refractivity contribution >= 4 is 17.5 Å². The molecule has 5 heteroatoms. The van der Waals surface area contributed by atoms with Crippen molar-refractivity contribution in [3.05, 3.63) is 28.8 Å². The summed E-state index contributed by atoms with van der Waals surface area (Å²) < 4.78 is 0. The lowest BCUT2D eigenvalue weighted by atomic mass is 10.1. The van der Waals surface area contributed by atoms with Gasteiger partial charge in [-0.1, -0.05) is 17.7 Å². The Bertz CT molecular complexity index is 517. The second-order valence-electron chi connectivity index (χ2n) is 5.53. The summed E-state index contributed by atoms with van der Waals surface area (Å²) >= 11 is 0. The van der Waals surface area contributed by atoms with E-state index < -0.39 is 0 Å². The minimum Gasteiger partial charge on any atom is -0.358 e. The molecule has 1 aromatic carbocycles. The van der Waals surface area contributed by atoms with Crippen molar-refractivity contribution in [2.45, 2.75) is 33.7 Å². The van der Waals surface area contributed by atoms with Crippen LogP contribution in [0, 0.1) is 20.8 Å². The van der Waals surface area contributed by atoms with E-state index in [0.29, 0.717) is 0 Å². The number of rotatable bonds is 5. The second kappa shape index (κ2) is 7.22. The Morgan fingerprint density at radius 3 is 2.19 bits per heavy atom. The van der Waals surface area contributed by atoms with Gasteiger partial charge in [0.15, 0.2) is 0 Å². The Balaban J connectivity index is 2.73. The fraction of sp³-hybridized carbons (Fsp3) is 0.500. The van der Waals surface area contributed by atoms with Crippen molar-refractivity contribution < 1.29 is 9.59 Å². The molecule has 0 radical (unpaired) electrons. The molecule has 0 aliphatic heterocycles. The fourth-order valence-electron chi connectivity index (χ4n) is 2.33. The molecule has 2 N–H and O–H groups in total. The van der Waals surface area contributed by atoms with Crippen LogP contribution in [-0.4, -0.2) is 43.4 Å². The first-order valence-electron chi connectivity index (χ1n) is 7.05. The van der Waals surface area contributed by atoms with Crippen LogP contribution in [0.25, 0.3) is 0 Å². The Labute approximate surface area is 126 Å². The van der Waals surface area contributed by atoms with E-state index in [1.165, 1.54) is 5.56 Å². The van der Waals surface area contributed by atoms with Gasteiger partial charge in [0.2, 0.25) is 11.8 Å². The van der Waals surface area contributed by atoms with Crippen molar-refractivity contribution in [1.82, 2.24) is 10.2 Å². The molecule has 0 aliphatic rings. The molecular formula is C16H25N3O2.